The maximum atomic E-state index is 12.7. The highest BCUT2D eigenvalue weighted by atomic mass is 16.3. The lowest BCUT2D eigenvalue weighted by Gasteiger charge is -2.19. The van der Waals surface area contributed by atoms with Gasteiger partial charge in [-0.25, -0.2) is 4.79 Å². The van der Waals surface area contributed by atoms with Crippen LogP contribution in [0.25, 0.3) is 11.0 Å². The molecule has 0 aliphatic carbocycles. The van der Waals surface area contributed by atoms with Gasteiger partial charge in [0.05, 0.1) is 6.54 Å². The molecular weight excluding hydrogens is 378 g/mol. The van der Waals surface area contributed by atoms with Crippen LogP contribution in [0, 0.1) is 0 Å². The first kappa shape index (κ1) is 20.0. The fraction of sp³-hybridized carbons (Fsp3) is 0.333. The van der Waals surface area contributed by atoms with Crippen molar-refractivity contribution >= 4 is 28.6 Å². The molecule has 30 heavy (non-hydrogen) atoms. The molecule has 6 nitrogen and oxygen atoms in total. The Morgan fingerprint density at radius 3 is 2.47 bits per heavy atom. The highest BCUT2D eigenvalue weighted by Gasteiger charge is 2.20. The molecule has 156 valence electrons. The van der Waals surface area contributed by atoms with Crippen LogP contribution in [0.2, 0.25) is 0 Å². The summed E-state index contributed by atoms with van der Waals surface area (Å²) in [7, 11) is 1.77. The number of anilines is 1. The molecule has 3 aromatic rings. The van der Waals surface area contributed by atoms with Crippen LogP contribution < -0.4 is 5.32 Å². The number of aryl methyl sites for hydroxylation is 1. The summed E-state index contributed by atoms with van der Waals surface area (Å²) in [5.41, 5.74) is 3.20. The smallest absolute Gasteiger partial charge is 0.321 e. The number of furan rings is 1. The molecule has 0 spiro atoms. The van der Waals surface area contributed by atoms with Crippen molar-refractivity contribution in [3.8, 4) is 0 Å². The summed E-state index contributed by atoms with van der Waals surface area (Å²) in [5.74, 6) is 0.960. The summed E-state index contributed by atoms with van der Waals surface area (Å²) in [6, 6.07) is 14.8. The van der Waals surface area contributed by atoms with Gasteiger partial charge in [-0.2, -0.15) is 0 Å². The van der Waals surface area contributed by atoms with E-state index in [0.717, 1.165) is 54.6 Å². The molecule has 0 radical (unpaired) electrons. The van der Waals surface area contributed by atoms with Crippen molar-refractivity contribution < 1.29 is 14.0 Å². The number of carbonyl (C=O) groups is 2. The average molecular weight is 405 g/mol. The van der Waals surface area contributed by atoms with Gasteiger partial charge in [-0.05, 0) is 43.2 Å². The second-order valence-corrected chi connectivity index (χ2v) is 7.72. The molecule has 0 saturated carbocycles. The van der Waals surface area contributed by atoms with Gasteiger partial charge in [0.15, 0.2) is 0 Å². The molecule has 1 saturated heterocycles. The largest absolute Gasteiger partial charge is 0.461 e. The van der Waals surface area contributed by atoms with E-state index in [-0.39, 0.29) is 11.9 Å². The number of rotatable bonds is 5. The molecule has 2 aromatic carbocycles. The van der Waals surface area contributed by atoms with Crippen molar-refractivity contribution in [2.75, 3.05) is 25.5 Å². The zero-order chi connectivity index (χ0) is 21.1. The summed E-state index contributed by atoms with van der Waals surface area (Å²) in [6.07, 6.45) is 2.90. The van der Waals surface area contributed by atoms with Crippen LogP contribution in [-0.2, 0) is 13.0 Å². The van der Waals surface area contributed by atoms with E-state index < -0.39 is 0 Å². The van der Waals surface area contributed by atoms with Gasteiger partial charge >= 0.3 is 6.03 Å². The number of urea groups is 1. The van der Waals surface area contributed by atoms with Gasteiger partial charge in [0.2, 0.25) is 0 Å². The molecule has 3 amide bonds. The molecule has 0 unspecified atom stereocenters. The number of likely N-dealkylation sites (tertiary alicyclic amines) is 1. The quantitative estimate of drug-likeness (QED) is 0.657. The van der Waals surface area contributed by atoms with Gasteiger partial charge in [0.25, 0.3) is 5.91 Å². The van der Waals surface area contributed by atoms with Gasteiger partial charge in [0, 0.05) is 48.8 Å². The zero-order valence-electron chi connectivity index (χ0n) is 17.5. The van der Waals surface area contributed by atoms with E-state index in [9.17, 15) is 9.59 Å². The molecule has 2 heterocycles. The van der Waals surface area contributed by atoms with Crippen LogP contribution in [0.15, 0.2) is 52.9 Å². The Balaban J connectivity index is 1.42. The predicted molar refractivity (Wildman–Crippen MR) is 118 cm³/mol. The maximum absolute atomic E-state index is 12.7. The lowest BCUT2D eigenvalue weighted by Crippen LogP contribution is -2.31. The summed E-state index contributed by atoms with van der Waals surface area (Å²) >= 11 is 0. The summed E-state index contributed by atoms with van der Waals surface area (Å²) < 4.78 is 5.93. The second kappa shape index (κ2) is 8.61. The molecule has 4 rings (SSSR count). The van der Waals surface area contributed by atoms with Crippen molar-refractivity contribution in [1.82, 2.24) is 9.80 Å². The van der Waals surface area contributed by atoms with Crippen LogP contribution in [0.3, 0.4) is 0 Å². The second-order valence-electron chi connectivity index (χ2n) is 7.72. The topological polar surface area (TPSA) is 65.8 Å². The van der Waals surface area contributed by atoms with E-state index in [4.69, 9.17) is 4.42 Å². The molecule has 1 aromatic heterocycles. The van der Waals surface area contributed by atoms with Crippen molar-refractivity contribution in [2.24, 2.45) is 0 Å². The number of fused-ring (bicyclic) bond motifs is 1. The van der Waals surface area contributed by atoms with E-state index in [1.54, 1.807) is 36.2 Å². The molecule has 1 N–H and O–H groups in total. The van der Waals surface area contributed by atoms with E-state index in [1.165, 1.54) is 0 Å². The standard InChI is InChI=1S/C24H27N3O3/c1-3-21-20(19-8-4-5-9-22(19)30-21)16-26(2)24(29)25-18-12-10-17(11-13-18)23(28)27-14-6-7-15-27/h4-5,8-13H,3,6-7,14-16H2,1-2H3,(H,25,29). The molecule has 0 bridgehead atoms. The highest BCUT2D eigenvalue weighted by Crippen LogP contribution is 2.27. The predicted octanol–water partition coefficient (Wildman–Crippen LogP) is 4.90. The van der Waals surface area contributed by atoms with E-state index >= 15 is 0 Å². The van der Waals surface area contributed by atoms with Crippen molar-refractivity contribution in [1.29, 1.82) is 0 Å². The van der Waals surface area contributed by atoms with Crippen LogP contribution in [0.1, 0.15) is 41.4 Å². The first-order valence-electron chi connectivity index (χ1n) is 10.5. The number of benzene rings is 2. The number of para-hydroxylation sites is 1. The third-order valence-corrected chi connectivity index (χ3v) is 5.62. The van der Waals surface area contributed by atoms with Gasteiger partial charge in [-0.1, -0.05) is 25.1 Å². The number of nitrogens with one attached hydrogen (secondary N) is 1. The summed E-state index contributed by atoms with van der Waals surface area (Å²) in [5, 5.41) is 3.95. The van der Waals surface area contributed by atoms with Crippen LogP contribution in [0.5, 0.6) is 0 Å². The van der Waals surface area contributed by atoms with Crippen LogP contribution in [-0.4, -0.2) is 41.9 Å². The number of nitrogens with zero attached hydrogens (tertiary/aromatic N) is 2. The Labute approximate surface area is 176 Å². The molecule has 1 aliphatic heterocycles. The van der Waals surface area contributed by atoms with E-state index in [2.05, 4.69) is 5.32 Å². The van der Waals surface area contributed by atoms with Gasteiger partial charge in [0.1, 0.15) is 11.3 Å². The Hall–Kier alpha value is -3.28. The molecule has 1 aliphatic rings. The number of carbonyl (C=O) groups excluding carboxylic acids is 2. The Kier molecular flexibility index (Phi) is 5.74. The zero-order valence-corrected chi connectivity index (χ0v) is 17.5. The van der Waals surface area contributed by atoms with Crippen LogP contribution in [0.4, 0.5) is 10.5 Å². The third kappa shape index (κ3) is 4.03. The Bertz CT molecular complexity index is 1050. The number of hydrogen-bond donors (Lipinski definition) is 1. The van der Waals surface area contributed by atoms with E-state index in [1.807, 2.05) is 36.1 Å². The summed E-state index contributed by atoms with van der Waals surface area (Å²) in [4.78, 5) is 28.7. The third-order valence-electron chi connectivity index (χ3n) is 5.62. The Morgan fingerprint density at radius 2 is 1.77 bits per heavy atom. The monoisotopic (exact) mass is 405 g/mol. The minimum atomic E-state index is -0.207. The molecule has 6 heteroatoms. The van der Waals surface area contributed by atoms with Crippen LogP contribution >= 0.6 is 0 Å². The first-order valence-corrected chi connectivity index (χ1v) is 10.5. The number of hydrogen-bond acceptors (Lipinski definition) is 3. The van der Waals surface area contributed by atoms with Gasteiger partial charge in [-0.15, -0.1) is 0 Å². The van der Waals surface area contributed by atoms with Gasteiger partial charge < -0.3 is 19.5 Å². The minimum Gasteiger partial charge on any atom is -0.461 e. The SMILES string of the molecule is CCc1oc2ccccc2c1CN(C)C(=O)Nc1ccc(C(=O)N2CCCC2)cc1. The fourth-order valence-corrected chi connectivity index (χ4v) is 3.94. The van der Waals surface area contributed by atoms with Crippen molar-refractivity contribution in [3.63, 3.8) is 0 Å². The Morgan fingerprint density at radius 1 is 1.07 bits per heavy atom. The van der Waals surface area contributed by atoms with E-state index in [0.29, 0.717) is 17.8 Å². The first-order chi connectivity index (χ1) is 14.6. The maximum Gasteiger partial charge on any atom is 0.321 e. The van der Waals surface area contributed by atoms with Crippen molar-refractivity contribution in [3.05, 3.63) is 65.4 Å². The fourth-order valence-electron chi connectivity index (χ4n) is 3.94. The lowest BCUT2D eigenvalue weighted by atomic mass is 10.1. The van der Waals surface area contributed by atoms with Crippen molar-refractivity contribution in [2.45, 2.75) is 32.7 Å². The summed E-state index contributed by atoms with van der Waals surface area (Å²) in [6.45, 7) is 4.15. The molecular formula is C24H27N3O3. The normalized spacial score (nSPS) is 13.6. The lowest BCUT2D eigenvalue weighted by molar-refractivity contribution is 0.0793. The molecule has 0 atom stereocenters. The molecule has 1 fully saturated rings. The average Bonchev–Trinajstić information content (AvgIpc) is 3.42. The number of amides is 3. The van der Waals surface area contributed by atoms with Gasteiger partial charge in [-0.3, -0.25) is 4.79 Å². The highest BCUT2D eigenvalue weighted by molar-refractivity contribution is 5.95. The minimum absolute atomic E-state index is 0.0569.